The third-order valence-corrected chi connectivity index (χ3v) is 6.93. The van der Waals surface area contributed by atoms with Gasteiger partial charge in [-0.1, -0.05) is 63.5 Å². The smallest absolute Gasteiger partial charge is 0.261 e. The number of anilines is 1. The van der Waals surface area contributed by atoms with Gasteiger partial charge in [-0.05, 0) is 64.6 Å². The van der Waals surface area contributed by atoms with Gasteiger partial charge in [-0.2, -0.15) is 0 Å². The highest BCUT2D eigenvalue weighted by Crippen LogP contribution is 2.34. The van der Waals surface area contributed by atoms with Crippen molar-refractivity contribution in [1.29, 1.82) is 0 Å². The summed E-state index contributed by atoms with van der Waals surface area (Å²) < 4.78 is 0. The van der Waals surface area contributed by atoms with Crippen molar-refractivity contribution in [2.75, 3.05) is 45.6 Å². The lowest BCUT2D eigenvalue weighted by Gasteiger charge is -2.28. The zero-order chi connectivity index (χ0) is 25.0. The average Bonchev–Trinajstić information content (AvgIpc) is 2.85. The number of nitrogens with one attached hydrogen (secondary N) is 1. The van der Waals surface area contributed by atoms with E-state index < -0.39 is 0 Å². The van der Waals surface area contributed by atoms with Gasteiger partial charge in [-0.25, -0.2) is 0 Å². The Balaban J connectivity index is 1.51. The van der Waals surface area contributed by atoms with Crippen molar-refractivity contribution in [3.05, 3.63) is 41.5 Å². The molecule has 192 valence electrons. The minimum Gasteiger partial charge on any atom is -0.384 e. The lowest BCUT2D eigenvalue weighted by molar-refractivity contribution is 0.0607. The summed E-state index contributed by atoms with van der Waals surface area (Å²) in [5.74, 6) is -0.314. The maximum atomic E-state index is 13.2. The van der Waals surface area contributed by atoms with Gasteiger partial charge in [-0.3, -0.25) is 14.5 Å². The summed E-state index contributed by atoms with van der Waals surface area (Å²) in [6.07, 6.45) is 12.9. The van der Waals surface area contributed by atoms with Crippen LogP contribution in [0.1, 0.15) is 91.3 Å². The summed E-state index contributed by atoms with van der Waals surface area (Å²) in [5, 5.41) is 5.24. The van der Waals surface area contributed by atoms with Gasteiger partial charge in [0.15, 0.2) is 0 Å². The lowest BCUT2D eigenvalue weighted by Crippen LogP contribution is -2.40. The van der Waals surface area contributed by atoms with E-state index in [-0.39, 0.29) is 11.8 Å². The number of carbonyl (C=O) groups excluding carboxylic acids is 2. The summed E-state index contributed by atoms with van der Waals surface area (Å²) in [7, 11) is 4.14. The fraction of sp³-hybridized carbons (Fsp3) is 0.586. The van der Waals surface area contributed by atoms with E-state index in [9.17, 15) is 9.59 Å². The molecule has 1 heterocycles. The molecule has 0 saturated heterocycles. The Bertz CT molecular complexity index is 950. The number of hydrogen-bond donors (Lipinski definition) is 2. The van der Waals surface area contributed by atoms with Crippen LogP contribution in [0.2, 0.25) is 0 Å². The molecule has 0 aliphatic carbocycles. The molecule has 2 aromatic rings. The Labute approximate surface area is 211 Å². The van der Waals surface area contributed by atoms with E-state index in [2.05, 4.69) is 24.3 Å². The number of nitrogens with zero attached hydrogens (tertiary/aromatic N) is 2. The van der Waals surface area contributed by atoms with Crippen LogP contribution in [0.5, 0.6) is 0 Å². The number of benzene rings is 2. The summed E-state index contributed by atoms with van der Waals surface area (Å²) in [5.41, 5.74) is 7.80. The predicted molar refractivity (Wildman–Crippen MR) is 146 cm³/mol. The maximum Gasteiger partial charge on any atom is 0.261 e. The van der Waals surface area contributed by atoms with Crippen LogP contribution >= 0.6 is 0 Å². The van der Waals surface area contributed by atoms with E-state index >= 15 is 0 Å². The highest BCUT2D eigenvalue weighted by atomic mass is 16.2. The van der Waals surface area contributed by atoms with Crippen LogP contribution in [0.3, 0.4) is 0 Å². The van der Waals surface area contributed by atoms with Gasteiger partial charge in [0.1, 0.15) is 0 Å². The molecule has 0 bridgehead atoms. The highest BCUT2D eigenvalue weighted by molar-refractivity contribution is 6.26. The SMILES string of the molecule is CN(C)CCCNc1ccc2c3c(cccc13)C(=O)N(CCCCCCCCCCCCN)C2=O. The molecule has 0 radical (unpaired) electrons. The molecule has 35 heavy (non-hydrogen) atoms. The quantitative estimate of drug-likeness (QED) is 0.226. The van der Waals surface area contributed by atoms with Crippen molar-refractivity contribution in [2.24, 2.45) is 5.73 Å². The fourth-order valence-corrected chi connectivity index (χ4v) is 4.95. The second kappa shape index (κ2) is 14.2. The Morgan fingerprint density at radius 2 is 1.37 bits per heavy atom. The third-order valence-electron chi connectivity index (χ3n) is 6.93. The van der Waals surface area contributed by atoms with Gasteiger partial charge in [0.05, 0.1) is 0 Å². The second-order valence-electron chi connectivity index (χ2n) is 10.1. The van der Waals surface area contributed by atoms with E-state index in [1.54, 1.807) is 0 Å². The molecule has 0 fully saturated rings. The molecule has 1 aliphatic rings. The number of unbranched alkanes of at least 4 members (excludes halogenated alkanes) is 9. The predicted octanol–water partition coefficient (Wildman–Crippen LogP) is 5.66. The molecule has 0 spiro atoms. The molecule has 2 amide bonds. The molecule has 0 saturated carbocycles. The Morgan fingerprint density at radius 1 is 0.771 bits per heavy atom. The summed E-state index contributed by atoms with van der Waals surface area (Å²) in [6.45, 7) is 3.16. The molecule has 3 N–H and O–H groups in total. The lowest BCUT2D eigenvalue weighted by atomic mass is 9.92. The number of rotatable bonds is 17. The van der Waals surface area contributed by atoms with E-state index in [0.717, 1.165) is 68.2 Å². The van der Waals surface area contributed by atoms with Gasteiger partial charge in [-0.15, -0.1) is 0 Å². The number of nitrogens with two attached hydrogens (primary N) is 1. The number of imide groups is 1. The first-order valence-electron chi connectivity index (χ1n) is 13.5. The van der Waals surface area contributed by atoms with Gasteiger partial charge < -0.3 is 16.0 Å². The number of carbonyl (C=O) groups is 2. The van der Waals surface area contributed by atoms with Gasteiger partial charge >= 0.3 is 0 Å². The second-order valence-corrected chi connectivity index (χ2v) is 10.1. The van der Waals surface area contributed by atoms with Crippen molar-refractivity contribution < 1.29 is 9.59 Å². The monoisotopic (exact) mass is 480 g/mol. The van der Waals surface area contributed by atoms with Gasteiger partial charge in [0, 0.05) is 40.7 Å². The normalized spacial score (nSPS) is 13.3. The number of hydrogen-bond acceptors (Lipinski definition) is 5. The van der Waals surface area contributed by atoms with Crippen molar-refractivity contribution in [2.45, 2.75) is 70.6 Å². The van der Waals surface area contributed by atoms with Crippen molar-refractivity contribution in [3.8, 4) is 0 Å². The number of amides is 2. The first-order chi connectivity index (χ1) is 17.0. The molecule has 6 nitrogen and oxygen atoms in total. The summed E-state index contributed by atoms with van der Waals surface area (Å²) in [6, 6.07) is 9.66. The molecule has 2 aromatic carbocycles. The van der Waals surface area contributed by atoms with E-state index in [0.29, 0.717) is 17.7 Å². The molecule has 1 aliphatic heterocycles. The van der Waals surface area contributed by atoms with Crippen LogP contribution in [0.4, 0.5) is 5.69 Å². The first kappa shape index (κ1) is 27.2. The Morgan fingerprint density at radius 3 is 2.00 bits per heavy atom. The van der Waals surface area contributed by atoms with E-state index in [1.165, 1.54) is 43.4 Å². The van der Waals surface area contributed by atoms with Crippen molar-refractivity contribution in [1.82, 2.24) is 9.80 Å². The van der Waals surface area contributed by atoms with Gasteiger partial charge in [0.25, 0.3) is 11.8 Å². The highest BCUT2D eigenvalue weighted by Gasteiger charge is 2.32. The van der Waals surface area contributed by atoms with Crippen molar-refractivity contribution in [3.63, 3.8) is 0 Å². The Hall–Kier alpha value is -2.44. The molecule has 3 rings (SSSR count). The molecule has 0 atom stereocenters. The van der Waals surface area contributed by atoms with E-state index in [4.69, 9.17) is 5.73 Å². The maximum absolute atomic E-state index is 13.2. The van der Waals surface area contributed by atoms with Crippen molar-refractivity contribution >= 4 is 28.3 Å². The zero-order valence-electron chi connectivity index (χ0n) is 21.8. The topological polar surface area (TPSA) is 78.7 Å². The van der Waals surface area contributed by atoms with Crippen LogP contribution in [0.25, 0.3) is 10.8 Å². The summed E-state index contributed by atoms with van der Waals surface area (Å²) >= 11 is 0. The minimum atomic E-state index is -0.157. The van der Waals surface area contributed by atoms with Crippen LogP contribution in [0.15, 0.2) is 30.3 Å². The largest absolute Gasteiger partial charge is 0.384 e. The standard InChI is InChI=1S/C29H44N4O2/c1-32(2)21-14-20-31-26-18-17-25-27-23(26)15-13-16-24(27)28(34)33(29(25)35)22-12-10-8-6-4-3-5-7-9-11-19-30/h13,15-18,31H,3-12,14,19-22,30H2,1-2H3. The molecular weight excluding hydrogens is 436 g/mol. The fourth-order valence-electron chi connectivity index (χ4n) is 4.95. The van der Waals surface area contributed by atoms with Crippen LogP contribution in [-0.2, 0) is 0 Å². The van der Waals surface area contributed by atoms with E-state index in [1.807, 2.05) is 30.3 Å². The minimum absolute atomic E-state index is 0.157. The molecule has 6 heteroatoms. The molecule has 0 unspecified atom stereocenters. The average molecular weight is 481 g/mol. The van der Waals surface area contributed by atoms with Gasteiger partial charge in [0.2, 0.25) is 0 Å². The molecule has 0 aromatic heterocycles. The first-order valence-corrected chi connectivity index (χ1v) is 13.5. The zero-order valence-corrected chi connectivity index (χ0v) is 21.8. The Kier molecular flexibility index (Phi) is 11.0. The summed E-state index contributed by atoms with van der Waals surface area (Å²) in [4.78, 5) is 30.1. The van der Waals surface area contributed by atoms with Crippen LogP contribution < -0.4 is 11.1 Å². The van der Waals surface area contributed by atoms with Crippen LogP contribution in [-0.4, -0.2) is 61.9 Å². The molecular formula is C29H44N4O2. The third kappa shape index (κ3) is 7.52. The van der Waals surface area contributed by atoms with Crippen LogP contribution in [0, 0.1) is 0 Å².